The van der Waals surface area contributed by atoms with Crippen LogP contribution in [0.1, 0.15) is 24.0 Å². The van der Waals surface area contributed by atoms with Crippen LogP contribution in [-0.2, 0) is 17.8 Å². The number of nitrogens with zero attached hydrogens (tertiary/aromatic N) is 1. The Morgan fingerprint density at radius 1 is 1.42 bits per heavy atom. The quantitative estimate of drug-likeness (QED) is 0.815. The van der Waals surface area contributed by atoms with Gasteiger partial charge in [0.25, 0.3) is 0 Å². The van der Waals surface area contributed by atoms with E-state index in [-0.39, 0.29) is 6.42 Å². The average molecular weight is 262 g/mol. The number of hydrogen-bond acceptors (Lipinski definition) is 3. The standard InChI is InChI=1S/C15H22N2O2/c1-16-10-14-7-4-8-17(14)11-13-6-3-2-5-12(13)9-15(18)19/h2-3,5-6,14,16H,4,7-11H2,1H3,(H,18,19). The minimum Gasteiger partial charge on any atom is -0.481 e. The molecular formula is C15H22N2O2. The fourth-order valence-electron chi connectivity index (χ4n) is 2.84. The first-order valence-electron chi connectivity index (χ1n) is 6.88. The molecule has 1 atom stereocenters. The van der Waals surface area contributed by atoms with E-state index in [0.717, 1.165) is 30.8 Å². The molecular weight excluding hydrogens is 240 g/mol. The molecule has 4 heteroatoms. The molecule has 0 spiro atoms. The summed E-state index contributed by atoms with van der Waals surface area (Å²) in [4.78, 5) is 13.4. The Bertz CT molecular complexity index is 434. The lowest BCUT2D eigenvalue weighted by Crippen LogP contribution is -2.36. The van der Waals surface area contributed by atoms with Crippen LogP contribution < -0.4 is 5.32 Å². The van der Waals surface area contributed by atoms with Crippen LogP contribution in [0.25, 0.3) is 0 Å². The Morgan fingerprint density at radius 3 is 2.84 bits per heavy atom. The van der Waals surface area contributed by atoms with Gasteiger partial charge in [-0.1, -0.05) is 24.3 Å². The van der Waals surface area contributed by atoms with Crippen molar-refractivity contribution in [3.05, 3.63) is 35.4 Å². The zero-order valence-electron chi connectivity index (χ0n) is 11.4. The number of rotatable bonds is 6. The first kappa shape index (κ1) is 14.0. The lowest BCUT2D eigenvalue weighted by atomic mass is 10.0. The molecule has 1 aromatic rings. The lowest BCUT2D eigenvalue weighted by molar-refractivity contribution is -0.136. The van der Waals surface area contributed by atoms with Crippen LogP contribution in [0.3, 0.4) is 0 Å². The zero-order valence-corrected chi connectivity index (χ0v) is 11.4. The predicted octanol–water partition coefficient (Wildman–Crippen LogP) is 1.50. The average Bonchev–Trinajstić information content (AvgIpc) is 2.79. The lowest BCUT2D eigenvalue weighted by Gasteiger charge is -2.25. The molecule has 0 amide bonds. The molecule has 0 saturated carbocycles. The largest absolute Gasteiger partial charge is 0.481 e. The number of carbonyl (C=O) groups is 1. The normalized spacial score (nSPS) is 19.7. The molecule has 1 unspecified atom stereocenters. The first-order valence-corrected chi connectivity index (χ1v) is 6.88. The van der Waals surface area contributed by atoms with Crippen LogP contribution in [0.5, 0.6) is 0 Å². The van der Waals surface area contributed by atoms with E-state index in [1.54, 1.807) is 0 Å². The van der Waals surface area contributed by atoms with Gasteiger partial charge >= 0.3 is 5.97 Å². The summed E-state index contributed by atoms with van der Waals surface area (Å²) in [7, 11) is 1.98. The van der Waals surface area contributed by atoms with E-state index in [9.17, 15) is 4.79 Å². The Labute approximate surface area is 114 Å². The van der Waals surface area contributed by atoms with Crippen molar-refractivity contribution in [2.24, 2.45) is 0 Å². The van der Waals surface area contributed by atoms with Gasteiger partial charge in [-0.05, 0) is 37.6 Å². The number of carboxylic acids is 1. The molecule has 0 bridgehead atoms. The number of likely N-dealkylation sites (N-methyl/N-ethyl adjacent to an activating group) is 1. The highest BCUT2D eigenvalue weighted by Crippen LogP contribution is 2.21. The first-order chi connectivity index (χ1) is 9.20. The molecule has 104 valence electrons. The molecule has 2 rings (SSSR count). The van der Waals surface area contributed by atoms with Crippen molar-refractivity contribution in [3.63, 3.8) is 0 Å². The zero-order chi connectivity index (χ0) is 13.7. The van der Waals surface area contributed by atoms with Crippen LogP contribution >= 0.6 is 0 Å². The third-order valence-electron chi connectivity index (χ3n) is 3.77. The third kappa shape index (κ3) is 3.78. The minimum atomic E-state index is -0.763. The van der Waals surface area contributed by atoms with Crippen molar-refractivity contribution in [1.29, 1.82) is 0 Å². The number of likely N-dealkylation sites (tertiary alicyclic amines) is 1. The van der Waals surface area contributed by atoms with Crippen molar-refractivity contribution >= 4 is 5.97 Å². The highest BCUT2D eigenvalue weighted by atomic mass is 16.4. The van der Waals surface area contributed by atoms with Gasteiger partial charge in [-0.25, -0.2) is 0 Å². The molecule has 4 nitrogen and oxygen atoms in total. The molecule has 0 aromatic heterocycles. The van der Waals surface area contributed by atoms with Gasteiger partial charge in [0.1, 0.15) is 0 Å². The van der Waals surface area contributed by atoms with E-state index >= 15 is 0 Å². The van der Waals surface area contributed by atoms with Crippen molar-refractivity contribution in [3.8, 4) is 0 Å². The van der Waals surface area contributed by atoms with Gasteiger partial charge in [0.2, 0.25) is 0 Å². The number of carboxylic acid groups (broad SMARTS) is 1. The number of nitrogens with one attached hydrogen (secondary N) is 1. The molecule has 0 aliphatic carbocycles. The van der Waals surface area contributed by atoms with Gasteiger partial charge in [0.15, 0.2) is 0 Å². The van der Waals surface area contributed by atoms with Gasteiger partial charge in [-0.15, -0.1) is 0 Å². The molecule has 1 heterocycles. The maximum absolute atomic E-state index is 10.9. The van der Waals surface area contributed by atoms with E-state index < -0.39 is 5.97 Å². The molecule has 1 aromatic carbocycles. The summed E-state index contributed by atoms with van der Waals surface area (Å²) in [5.74, 6) is -0.763. The summed E-state index contributed by atoms with van der Waals surface area (Å²) < 4.78 is 0. The molecule has 1 aliphatic heterocycles. The van der Waals surface area contributed by atoms with Crippen LogP contribution in [0, 0.1) is 0 Å². The maximum atomic E-state index is 10.9. The minimum absolute atomic E-state index is 0.112. The fraction of sp³-hybridized carbons (Fsp3) is 0.533. The summed E-state index contributed by atoms with van der Waals surface area (Å²) in [6, 6.07) is 8.45. The van der Waals surface area contributed by atoms with Gasteiger partial charge < -0.3 is 10.4 Å². The van der Waals surface area contributed by atoms with Crippen molar-refractivity contribution < 1.29 is 9.90 Å². The van der Waals surface area contributed by atoms with Crippen molar-refractivity contribution in [2.75, 3.05) is 20.1 Å². The van der Waals surface area contributed by atoms with Gasteiger partial charge in [-0.2, -0.15) is 0 Å². The highest BCUT2D eigenvalue weighted by Gasteiger charge is 2.24. The highest BCUT2D eigenvalue weighted by molar-refractivity contribution is 5.70. The van der Waals surface area contributed by atoms with Crippen LogP contribution in [0.2, 0.25) is 0 Å². The van der Waals surface area contributed by atoms with Gasteiger partial charge in [0, 0.05) is 19.1 Å². The summed E-state index contributed by atoms with van der Waals surface area (Å²) in [5, 5.41) is 12.2. The van der Waals surface area contributed by atoms with Crippen molar-refractivity contribution in [2.45, 2.75) is 31.8 Å². The Kier molecular flexibility index (Phi) is 4.93. The van der Waals surface area contributed by atoms with Crippen LogP contribution in [0.4, 0.5) is 0 Å². The number of aliphatic carboxylic acids is 1. The van der Waals surface area contributed by atoms with Gasteiger partial charge in [0.05, 0.1) is 6.42 Å². The third-order valence-corrected chi connectivity index (χ3v) is 3.77. The molecule has 1 aliphatic rings. The summed E-state index contributed by atoms with van der Waals surface area (Å²) in [6.07, 6.45) is 2.57. The predicted molar refractivity (Wildman–Crippen MR) is 75.1 cm³/mol. The van der Waals surface area contributed by atoms with E-state index in [1.165, 1.54) is 12.8 Å². The smallest absolute Gasteiger partial charge is 0.307 e. The van der Waals surface area contributed by atoms with Crippen molar-refractivity contribution in [1.82, 2.24) is 10.2 Å². The van der Waals surface area contributed by atoms with Gasteiger partial charge in [-0.3, -0.25) is 9.69 Å². The second-order valence-corrected chi connectivity index (χ2v) is 5.16. The summed E-state index contributed by atoms with van der Waals surface area (Å²) in [5.41, 5.74) is 2.08. The molecule has 2 N–H and O–H groups in total. The molecule has 0 radical (unpaired) electrons. The summed E-state index contributed by atoms with van der Waals surface area (Å²) >= 11 is 0. The Morgan fingerprint density at radius 2 is 2.16 bits per heavy atom. The number of benzene rings is 1. The van der Waals surface area contributed by atoms with Crippen LogP contribution in [0.15, 0.2) is 24.3 Å². The van der Waals surface area contributed by atoms with Crippen LogP contribution in [-0.4, -0.2) is 42.2 Å². The Balaban J connectivity index is 2.07. The van der Waals surface area contributed by atoms with E-state index in [0.29, 0.717) is 6.04 Å². The van der Waals surface area contributed by atoms with E-state index in [1.807, 2.05) is 31.3 Å². The van der Waals surface area contributed by atoms with E-state index in [2.05, 4.69) is 10.2 Å². The molecule has 1 fully saturated rings. The number of hydrogen-bond donors (Lipinski definition) is 2. The summed E-state index contributed by atoms with van der Waals surface area (Å²) in [6.45, 7) is 2.96. The second kappa shape index (κ2) is 6.68. The second-order valence-electron chi connectivity index (χ2n) is 5.16. The molecule has 19 heavy (non-hydrogen) atoms. The Hall–Kier alpha value is -1.39. The maximum Gasteiger partial charge on any atom is 0.307 e. The van der Waals surface area contributed by atoms with E-state index in [4.69, 9.17) is 5.11 Å². The SMILES string of the molecule is CNCC1CCCN1Cc1ccccc1CC(=O)O. The fourth-order valence-corrected chi connectivity index (χ4v) is 2.84. The monoisotopic (exact) mass is 262 g/mol. The molecule has 1 saturated heterocycles. The topological polar surface area (TPSA) is 52.6 Å².